The Kier molecular flexibility index (Phi) is 9.14. The summed E-state index contributed by atoms with van der Waals surface area (Å²) in [5.74, 6) is -0.857. The highest BCUT2D eigenvalue weighted by molar-refractivity contribution is 5.98. The Balaban J connectivity index is 2.27. The van der Waals surface area contributed by atoms with Gasteiger partial charge in [-0.05, 0) is 77.2 Å². The average molecular weight is 487 g/mol. The lowest BCUT2D eigenvalue weighted by molar-refractivity contribution is -0.140. The minimum atomic E-state index is -4.81. The first-order valence-corrected chi connectivity index (χ1v) is 11.5. The van der Waals surface area contributed by atoms with Crippen molar-refractivity contribution in [1.82, 2.24) is 4.90 Å². The van der Waals surface area contributed by atoms with Gasteiger partial charge in [-0.15, -0.1) is 0 Å². The molecule has 0 radical (unpaired) electrons. The van der Waals surface area contributed by atoms with Crippen LogP contribution in [0.2, 0.25) is 0 Å². The van der Waals surface area contributed by atoms with E-state index in [1.54, 1.807) is 4.90 Å². The van der Waals surface area contributed by atoms with E-state index in [-0.39, 0.29) is 17.2 Å². The van der Waals surface area contributed by atoms with Crippen molar-refractivity contribution in [3.63, 3.8) is 0 Å². The number of carbonyl (C=O) groups excluding carboxylic acids is 1. The van der Waals surface area contributed by atoms with Crippen molar-refractivity contribution in [2.24, 2.45) is 11.1 Å². The SMILES string of the molecule is CCC/C(C)=C(/O/N=C(\C)c1ccc(F)c(C(F)(F)F)c1)C1CCCN(C(=O)OC(C)(C)C)C1. The van der Waals surface area contributed by atoms with E-state index in [0.717, 1.165) is 43.4 Å². The molecule has 0 aromatic heterocycles. The van der Waals surface area contributed by atoms with E-state index >= 15 is 0 Å². The van der Waals surface area contributed by atoms with Crippen molar-refractivity contribution in [1.29, 1.82) is 0 Å². The van der Waals surface area contributed by atoms with Crippen LogP contribution in [0.1, 0.15) is 78.4 Å². The Morgan fingerprint density at radius 1 is 1.21 bits per heavy atom. The van der Waals surface area contributed by atoms with Crippen molar-refractivity contribution >= 4 is 11.8 Å². The van der Waals surface area contributed by atoms with E-state index in [9.17, 15) is 22.4 Å². The maximum Gasteiger partial charge on any atom is 0.419 e. The van der Waals surface area contributed by atoms with Gasteiger partial charge in [-0.3, -0.25) is 0 Å². The molecule has 1 aromatic rings. The van der Waals surface area contributed by atoms with Crippen LogP contribution in [0, 0.1) is 11.7 Å². The number of hydrogen-bond donors (Lipinski definition) is 0. The van der Waals surface area contributed by atoms with Crippen molar-refractivity contribution < 1.29 is 31.9 Å². The van der Waals surface area contributed by atoms with Gasteiger partial charge in [0.25, 0.3) is 0 Å². The maximum absolute atomic E-state index is 13.6. The van der Waals surface area contributed by atoms with Gasteiger partial charge in [0.2, 0.25) is 0 Å². The van der Waals surface area contributed by atoms with E-state index in [0.29, 0.717) is 18.8 Å². The van der Waals surface area contributed by atoms with Crippen LogP contribution < -0.4 is 0 Å². The van der Waals surface area contributed by atoms with Gasteiger partial charge >= 0.3 is 12.3 Å². The summed E-state index contributed by atoms with van der Waals surface area (Å²) in [5.41, 5.74) is -0.696. The van der Waals surface area contributed by atoms with E-state index in [1.165, 1.54) is 13.0 Å². The highest BCUT2D eigenvalue weighted by Crippen LogP contribution is 2.33. The van der Waals surface area contributed by atoms with Crippen LogP contribution in [0.25, 0.3) is 0 Å². The van der Waals surface area contributed by atoms with Gasteiger partial charge in [-0.1, -0.05) is 24.6 Å². The molecule has 0 spiro atoms. The van der Waals surface area contributed by atoms with Crippen molar-refractivity contribution in [3.05, 3.63) is 46.5 Å². The summed E-state index contributed by atoms with van der Waals surface area (Å²) in [6, 6.07) is 2.74. The Bertz CT molecular complexity index is 933. The fourth-order valence-electron chi connectivity index (χ4n) is 3.82. The summed E-state index contributed by atoms with van der Waals surface area (Å²) >= 11 is 0. The Morgan fingerprint density at radius 3 is 2.47 bits per heavy atom. The standard InChI is InChI=1S/C25H34F4N2O3/c1-7-9-16(2)22(19-10-8-13-31(15-19)23(32)33-24(4,5)6)34-30-17(3)18-11-12-21(26)20(14-18)25(27,28)29/h11-12,14,19H,7-10,13,15H2,1-6H3/b22-16+,30-17+. The highest BCUT2D eigenvalue weighted by Gasteiger charge is 2.34. The molecular formula is C25H34F4N2O3. The van der Waals surface area contributed by atoms with Gasteiger partial charge in [-0.25, -0.2) is 9.18 Å². The minimum absolute atomic E-state index is 0.111. The summed E-state index contributed by atoms with van der Waals surface area (Å²) in [5, 5.41) is 4.09. The quantitative estimate of drug-likeness (QED) is 0.183. The maximum atomic E-state index is 13.6. The topological polar surface area (TPSA) is 51.1 Å². The summed E-state index contributed by atoms with van der Waals surface area (Å²) in [6.45, 7) is 11.9. The molecule has 1 aliphatic heterocycles. The molecule has 1 heterocycles. The van der Waals surface area contributed by atoms with E-state index in [2.05, 4.69) is 5.16 Å². The number of rotatable bonds is 6. The van der Waals surface area contributed by atoms with E-state index in [1.807, 2.05) is 34.6 Å². The number of allylic oxidation sites excluding steroid dienone is 1. The molecule has 0 aliphatic carbocycles. The van der Waals surface area contributed by atoms with Crippen LogP contribution >= 0.6 is 0 Å². The molecule has 0 bridgehead atoms. The largest absolute Gasteiger partial charge is 0.444 e. The van der Waals surface area contributed by atoms with Crippen molar-refractivity contribution in [2.45, 2.75) is 79.0 Å². The van der Waals surface area contributed by atoms with Crippen LogP contribution in [-0.2, 0) is 15.8 Å². The predicted octanol–water partition coefficient (Wildman–Crippen LogP) is 7.31. The lowest BCUT2D eigenvalue weighted by Crippen LogP contribution is -2.43. The average Bonchev–Trinajstić information content (AvgIpc) is 2.72. The number of likely N-dealkylation sites (tertiary alicyclic amines) is 1. The predicted molar refractivity (Wildman–Crippen MR) is 123 cm³/mol. The van der Waals surface area contributed by atoms with Crippen LogP contribution in [0.4, 0.5) is 22.4 Å². The molecule has 5 nitrogen and oxygen atoms in total. The lowest BCUT2D eigenvalue weighted by Gasteiger charge is -2.34. The molecule has 1 unspecified atom stereocenters. The number of piperidine rings is 1. The first-order valence-electron chi connectivity index (χ1n) is 11.5. The third-order valence-electron chi connectivity index (χ3n) is 5.46. The number of nitrogens with zero attached hydrogens (tertiary/aromatic N) is 2. The second kappa shape index (κ2) is 11.2. The van der Waals surface area contributed by atoms with Gasteiger partial charge in [0, 0.05) is 19.0 Å². The third-order valence-corrected chi connectivity index (χ3v) is 5.46. The molecule has 0 saturated carbocycles. The zero-order chi connectivity index (χ0) is 25.7. The Labute approximate surface area is 198 Å². The summed E-state index contributed by atoms with van der Waals surface area (Å²) in [4.78, 5) is 20.0. The smallest absolute Gasteiger partial charge is 0.419 e. The Hall–Kier alpha value is -2.58. The molecule has 0 N–H and O–H groups in total. The fourth-order valence-corrected chi connectivity index (χ4v) is 3.82. The molecule has 1 saturated heterocycles. The molecule has 1 atom stereocenters. The Morgan fingerprint density at radius 2 is 1.88 bits per heavy atom. The summed E-state index contributed by atoms with van der Waals surface area (Å²) < 4.78 is 58.4. The molecule has 1 amide bonds. The molecule has 1 aromatic carbocycles. The monoisotopic (exact) mass is 486 g/mol. The number of hydrogen-bond acceptors (Lipinski definition) is 4. The van der Waals surface area contributed by atoms with Crippen molar-refractivity contribution in [2.75, 3.05) is 13.1 Å². The van der Waals surface area contributed by atoms with E-state index < -0.39 is 29.3 Å². The van der Waals surface area contributed by atoms with Gasteiger partial charge in [0.1, 0.15) is 17.2 Å². The van der Waals surface area contributed by atoms with Gasteiger partial charge in [-0.2, -0.15) is 13.2 Å². The number of oxime groups is 1. The first kappa shape index (κ1) is 27.7. The minimum Gasteiger partial charge on any atom is -0.444 e. The number of carbonyl (C=O) groups is 1. The van der Waals surface area contributed by atoms with Crippen LogP contribution in [0.3, 0.4) is 0 Å². The van der Waals surface area contributed by atoms with Crippen LogP contribution in [0.5, 0.6) is 0 Å². The second-order valence-electron chi connectivity index (χ2n) is 9.62. The molecule has 1 aliphatic rings. The number of ether oxygens (including phenoxy) is 1. The third kappa shape index (κ3) is 7.74. The molecule has 1 fully saturated rings. The van der Waals surface area contributed by atoms with Crippen LogP contribution in [-0.4, -0.2) is 35.4 Å². The normalized spacial score (nSPS) is 18.5. The zero-order valence-corrected chi connectivity index (χ0v) is 20.7. The number of amides is 1. The number of halogens is 4. The molecule has 2 rings (SSSR count). The summed E-state index contributed by atoms with van der Waals surface area (Å²) in [6.07, 6.45) is -2.05. The highest BCUT2D eigenvalue weighted by atomic mass is 19.4. The van der Waals surface area contributed by atoms with Crippen molar-refractivity contribution in [3.8, 4) is 0 Å². The van der Waals surface area contributed by atoms with Gasteiger partial charge < -0.3 is 14.5 Å². The summed E-state index contributed by atoms with van der Waals surface area (Å²) in [7, 11) is 0. The van der Waals surface area contributed by atoms with Gasteiger partial charge in [0.15, 0.2) is 0 Å². The molecule has 190 valence electrons. The van der Waals surface area contributed by atoms with Gasteiger partial charge in [0.05, 0.1) is 11.3 Å². The second-order valence-corrected chi connectivity index (χ2v) is 9.62. The fraction of sp³-hybridized carbons (Fsp3) is 0.600. The molecule has 34 heavy (non-hydrogen) atoms. The number of benzene rings is 1. The van der Waals surface area contributed by atoms with E-state index in [4.69, 9.17) is 9.57 Å². The molecular weight excluding hydrogens is 452 g/mol. The lowest BCUT2D eigenvalue weighted by atomic mass is 9.93. The van der Waals surface area contributed by atoms with Crippen LogP contribution in [0.15, 0.2) is 34.7 Å². The molecule has 9 heteroatoms. The zero-order valence-electron chi connectivity index (χ0n) is 20.7. The first-order chi connectivity index (χ1) is 15.7. The number of alkyl halides is 3.